The first-order valence-electron chi connectivity index (χ1n) is 13.3. The number of nitrogens with zero attached hydrogens (tertiary/aromatic N) is 4. The number of hydrogen-bond donors (Lipinski definition) is 2. The van der Waals surface area contributed by atoms with Crippen molar-refractivity contribution in [3.63, 3.8) is 0 Å². The molecular weight excluding hydrogens is 581 g/mol. The first-order chi connectivity index (χ1) is 19.1. The normalized spacial score (nSPS) is 24.2. The maximum Gasteiger partial charge on any atom is 0.405 e. The summed E-state index contributed by atoms with van der Waals surface area (Å²) in [4.78, 5) is 13.5. The Balaban J connectivity index is 1.52. The summed E-state index contributed by atoms with van der Waals surface area (Å²) in [5, 5.41) is 6.33. The Morgan fingerprint density at radius 1 is 1.15 bits per heavy atom. The fraction of sp³-hybridized carbons (Fsp3) is 0.577. The number of para-hydroxylation sites is 1. The van der Waals surface area contributed by atoms with Crippen molar-refractivity contribution in [3.05, 3.63) is 30.0 Å². The Labute approximate surface area is 240 Å². The van der Waals surface area contributed by atoms with Crippen molar-refractivity contribution < 1.29 is 31.1 Å². The van der Waals surface area contributed by atoms with Gasteiger partial charge in [0, 0.05) is 19.0 Å². The van der Waals surface area contributed by atoms with Crippen LogP contribution in [0.2, 0.25) is 0 Å². The van der Waals surface area contributed by atoms with Crippen LogP contribution in [-0.2, 0) is 19.5 Å². The molecule has 3 aromatic rings. The molecule has 1 saturated heterocycles. The highest BCUT2D eigenvalue weighted by atomic mass is 32.2. The van der Waals surface area contributed by atoms with Crippen LogP contribution in [0.1, 0.15) is 32.9 Å². The number of nitrogens with one attached hydrogen (secondary N) is 2. The van der Waals surface area contributed by atoms with Gasteiger partial charge >= 0.3 is 6.18 Å². The molecule has 10 nitrogen and oxygen atoms in total. The monoisotopic (exact) mass is 614 g/mol. The van der Waals surface area contributed by atoms with Crippen LogP contribution in [-0.4, -0.2) is 83.8 Å². The largest absolute Gasteiger partial charge is 0.405 e. The van der Waals surface area contributed by atoms with E-state index in [9.17, 15) is 21.6 Å². The second kappa shape index (κ2) is 10.9. The van der Waals surface area contributed by atoms with E-state index in [1.165, 1.54) is 21.9 Å². The molecule has 5 rings (SSSR count). The van der Waals surface area contributed by atoms with Crippen LogP contribution in [0.15, 0.2) is 24.3 Å². The number of fused-ring (bicyclic) bond motifs is 2. The van der Waals surface area contributed by atoms with Gasteiger partial charge in [-0.3, -0.25) is 0 Å². The van der Waals surface area contributed by atoms with E-state index < -0.39 is 40.7 Å². The number of thiazole rings is 1. The molecule has 2 aromatic heterocycles. The number of benzene rings is 1. The molecule has 3 heterocycles. The summed E-state index contributed by atoms with van der Waals surface area (Å²) < 4.78 is 78.5. The van der Waals surface area contributed by atoms with E-state index in [1.807, 2.05) is 24.3 Å². The Morgan fingerprint density at radius 2 is 1.85 bits per heavy atom. The Morgan fingerprint density at radius 3 is 2.51 bits per heavy atom. The topological polar surface area (TPSA) is 119 Å². The second-order valence-electron chi connectivity index (χ2n) is 10.8. The van der Waals surface area contributed by atoms with Gasteiger partial charge in [0.1, 0.15) is 23.5 Å². The molecular formula is C26H33F3N6O4S2. The minimum Gasteiger partial charge on any atom is -0.364 e. The molecule has 4 atom stereocenters. The molecule has 2 fully saturated rings. The van der Waals surface area contributed by atoms with Gasteiger partial charge in [0.15, 0.2) is 5.79 Å². The van der Waals surface area contributed by atoms with Gasteiger partial charge < -0.3 is 20.1 Å². The smallest absolute Gasteiger partial charge is 0.364 e. The van der Waals surface area contributed by atoms with Crippen LogP contribution in [0.25, 0.3) is 20.8 Å². The molecule has 0 unspecified atom stereocenters. The van der Waals surface area contributed by atoms with E-state index in [4.69, 9.17) is 14.5 Å². The maximum atomic E-state index is 13.0. The van der Waals surface area contributed by atoms with E-state index in [1.54, 1.807) is 27.7 Å². The van der Waals surface area contributed by atoms with Gasteiger partial charge in [0.2, 0.25) is 16.0 Å². The summed E-state index contributed by atoms with van der Waals surface area (Å²) in [6.45, 7) is 6.37. The highest BCUT2D eigenvalue weighted by Gasteiger charge is 2.54. The summed E-state index contributed by atoms with van der Waals surface area (Å²) in [6.07, 6.45) is -3.62. The molecule has 1 aromatic carbocycles. The van der Waals surface area contributed by atoms with E-state index in [0.29, 0.717) is 35.0 Å². The lowest BCUT2D eigenvalue weighted by atomic mass is 10.1. The zero-order valence-corrected chi connectivity index (χ0v) is 25.0. The highest BCUT2D eigenvalue weighted by molar-refractivity contribution is 7.88. The number of hydrogen-bond acceptors (Lipinski definition) is 10. The van der Waals surface area contributed by atoms with E-state index in [0.717, 1.165) is 10.2 Å². The average molecular weight is 615 g/mol. The van der Waals surface area contributed by atoms with Crippen molar-refractivity contribution in [2.45, 2.75) is 64.3 Å². The molecule has 0 spiro atoms. The summed E-state index contributed by atoms with van der Waals surface area (Å²) in [5.41, 5.74) is 1.82. The molecule has 224 valence electrons. The number of halogens is 3. The van der Waals surface area contributed by atoms with Gasteiger partial charge in [0.05, 0.1) is 39.9 Å². The number of rotatable bonds is 9. The third-order valence-corrected chi connectivity index (χ3v) is 9.61. The summed E-state index contributed by atoms with van der Waals surface area (Å²) in [7, 11) is -3.43. The molecule has 1 aliphatic carbocycles. The highest BCUT2D eigenvalue weighted by Crippen LogP contribution is 2.44. The molecule has 15 heteroatoms. The Bertz CT molecular complexity index is 1500. The van der Waals surface area contributed by atoms with E-state index in [2.05, 4.69) is 20.6 Å². The number of aryl methyl sites for hydroxylation is 1. The fourth-order valence-electron chi connectivity index (χ4n) is 5.51. The quantitative estimate of drug-likeness (QED) is 0.356. The zero-order chi connectivity index (χ0) is 29.7. The molecule has 0 bridgehead atoms. The minimum absolute atomic E-state index is 0.170. The van der Waals surface area contributed by atoms with Gasteiger partial charge in [0.25, 0.3) is 0 Å². The van der Waals surface area contributed by atoms with Crippen LogP contribution in [0, 0.1) is 12.8 Å². The van der Waals surface area contributed by atoms with Gasteiger partial charge in [-0.15, -0.1) is 11.3 Å². The first kappa shape index (κ1) is 29.9. The lowest BCUT2D eigenvalue weighted by molar-refractivity contribution is -0.157. The van der Waals surface area contributed by atoms with Crippen LogP contribution >= 0.6 is 11.3 Å². The van der Waals surface area contributed by atoms with Crippen molar-refractivity contribution in [2.75, 3.05) is 36.5 Å². The summed E-state index contributed by atoms with van der Waals surface area (Å²) in [5.74, 6) is -0.941. The Hall–Kier alpha value is -2.59. The zero-order valence-electron chi connectivity index (χ0n) is 23.3. The second-order valence-corrected chi connectivity index (χ2v) is 13.8. The van der Waals surface area contributed by atoms with Crippen LogP contribution in [0.4, 0.5) is 24.9 Å². The molecule has 0 radical (unpaired) electrons. The molecule has 41 heavy (non-hydrogen) atoms. The SMILES string of the molecule is CCN(C[C@@H]1C[C@@H](Nc2nc(NCC(F)(F)F)nc(C)c2-c2nc3ccccc3s2)[C@@H]2OC(C)(C)O[C@H]12)S(C)(=O)=O. The van der Waals surface area contributed by atoms with Gasteiger partial charge in [-0.2, -0.15) is 18.2 Å². The lowest BCUT2D eigenvalue weighted by Gasteiger charge is -2.27. The van der Waals surface area contributed by atoms with Crippen molar-refractivity contribution in [1.82, 2.24) is 19.3 Å². The first-order valence-corrected chi connectivity index (χ1v) is 15.9. The average Bonchev–Trinajstić information content (AvgIpc) is 3.51. The van der Waals surface area contributed by atoms with Crippen molar-refractivity contribution in [1.29, 1.82) is 0 Å². The van der Waals surface area contributed by atoms with Crippen LogP contribution in [0.5, 0.6) is 0 Å². The minimum atomic E-state index is -4.45. The number of aromatic nitrogens is 3. The lowest BCUT2D eigenvalue weighted by Crippen LogP contribution is -2.38. The van der Waals surface area contributed by atoms with Crippen molar-refractivity contribution >= 4 is 43.3 Å². The van der Waals surface area contributed by atoms with Gasteiger partial charge in [-0.1, -0.05) is 19.1 Å². The predicted octanol–water partition coefficient (Wildman–Crippen LogP) is 4.64. The molecule has 2 aliphatic rings. The number of sulfonamides is 1. The van der Waals surface area contributed by atoms with E-state index in [-0.39, 0.29) is 24.5 Å². The molecule has 2 N–H and O–H groups in total. The number of anilines is 2. The van der Waals surface area contributed by atoms with Crippen LogP contribution in [0.3, 0.4) is 0 Å². The van der Waals surface area contributed by atoms with Gasteiger partial charge in [-0.05, 0) is 39.3 Å². The third kappa shape index (κ3) is 6.58. The number of ether oxygens (including phenoxy) is 2. The number of alkyl halides is 3. The third-order valence-electron chi connectivity index (χ3n) is 7.21. The van der Waals surface area contributed by atoms with Crippen molar-refractivity contribution in [2.24, 2.45) is 5.92 Å². The summed E-state index contributed by atoms with van der Waals surface area (Å²) >= 11 is 1.43. The van der Waals surface area contributed by atoms with Crippen LogP contribution < -0.4 is 10.6 Å². The standard InChI is InChI=1S/C26H33F3N6O4S2/c1-6-35(41(5,36)37)12-15-11-17(21-20(15)38-25(3,4)39-21)32-22-19(23-33-16-9-7-8-10-18(16)40-23)14(2)31-24(34-22)30-13-26(27,28)29/h7-10,15,17,20-21H,6,11-13H2,1-5H3,(H2,30,31,32,34)/t15-,17+,20+,21-/m0/s1. The Kier molecular flexibility index (Phi) is 7.96. The van der Waals surface area contributed by atoms with Crippen molar-refractivity contribution in [3.8, 4) is 10.6 Å². The molecule has 1 aliphatic heterocycles. The van der Waals surface area contributed by atoms with E-state index >= 15 is 0 Å². The summed E-state index contributed by atoms with van der Waals surface area (Å²) in [6, 6.07) is 7.25. The van der Waals surface area contributed by atoms with Gasteiger partial charge in [-0.25, -0.2) is 22.7 Å². The molecule has 0 amide bonds. The fourth-order valence-corrected chi connectivity index (χ4v) is 7.51. The molecule has 1 saturated carbocycles. The predicted molar refractivity (Wildman–Crippen MR) is 151 cm³/mol. The maximum absolute atomic E-state index is 13.0.